The second-order valence-electron chi connectivity index (χ2n) is 4.98. The number of esters is 2. The van der Waals surface area contributed by atoms with E-state index < -0.39 is 17.4 Å². The Morgan fingerprint density at radius 1 is 1.11 bits per heavy atom. The summed E-state index contributed by atoms with van der Waals surface area (Å²) in [4.78, 5) is 25.4. The average molecular weight is 420 g/mol. The summed E-state index contributed by atoms with van der Waals surface area (Å²) in [7, 11) is 2.29. The van der Waals surface area contributed by atoms with E-state index in [-0.39, 0.29) is 38.6 Å². The summed E-state index contributed by atoms with van der Waals surface area (Å²) < 4.78 is 47.2. The van der Waals surface area contributed by atoms with Crippen molar-refractivity contribution in [2.45, 2.75) is 10.4 Å². The van der Waals surface area contributed by atoms with Crippen molar-refractivity contribution in [3.63, 3.8) is 0 Å². The van der Waals surface area contributed by atoms with Crippen molar-refractivity contribution >= 4 is 41.0 Å². The van der Waals surface area contributed by atoms with Gasteiger partial charge in [-0.1, -0.05) is 17.7 Å². The molecule has 0 spiro atoms. The maximum Gasteiger partial charge on any atom is 0.446 e. The van der Waals surface area contributed by atoms with Gasteiger partial charge in [-0.2, -0.15) is 13.2 Å². The number of ether oxygens (including phenoxy) is 2. The van der Waals surface area contributed by atoms with Crippen LogP contribution in [-0.4, -0.2) is 31.7 Å². The predicted octanol–water partition coefficient (Wildman–Crippen LogP) is 4.44. The minimum Gasteiger partial charge on any atom is -0.465 e. The molecular formula is C17H13ClF3NO4S. The van der Waals surface area contributed by atoms with Crippen LogP contribution in [0.4, 0.5) is 18.9 Å². The maximum absolute atomic E-state index is 12.6. The Morgan fingerprint density at radius 2 is 1.78 bits per heavy atom. The number of halogens is 4. The molecule has 1 aromatic rings. The minimum atomic E-state index is -4.49. The SMILES string of the molecule is COC(=O)C1=C(C(=O)OC)N(c2ccc(SC(F)(F)F)c(Cl)c2)C=CC=C1. The Balaban J connectivity index is 2.56. The van der Waals surface area contributed by atoms with Crippen molar-refractivity contribution in [3.05, 3.63) is 58.9 Å². The molecule has 2 rings (SSSR count). The second kappa shape index (κ2) is 8.53. The van der Waals surface area contributed by atoms with Gasteiger partial charge >= 0.3 is 17.4 Å². The van der Waals surface area contributed by atoms with Crippen LogP contribution < -0.4 is 4.90 Å². The van der Waals surface area contributed by atoms with Gasteiger partial charge in [0.1, 0.15) is 5.70 Å². The molecule has 0 aliphatic carbocycles. The number of carbonyl (C=O) groups is 2. The van der Waals surface area contributed by atoms with Crippen molar-refractivity contribution in [1.29, 1.82) is 0 Å². The molecule has 144 valence electrons. The molecule has 10 heteroatoms. The molecule has 0 atom stereocenters. The number of allylic oxidation sites excluding steroid dienone is 2. The predicted molar refractivity (Wildman–Crippen MR) is 95.2 cm³/mol. The van der Waals surface area contributed by atoms with Crippen molar-refractivity contribution in [2.75, 3.05) is 19.1 Å². The summed E-state index contributed by atoms with van der Waals surface area (Å²) in [5.41, 5.74) is -4.48. The first-order chi connectivity index (χ1) is 12.7. The third-order valence-corrected chi connectivity index (χ3v) is 4.54. The number of methoxy groups -OCH3 is 2. The minimum absolute atomic E-state index is 0.0841. The largest absolute Gasteiger partial charge is 0.465 e. The molecule has 1 aliphatic heterocycles. The van der Waals surface area contributed by atoms with Crippen molar-refractivity contribution in [2.24, 2.45) is 0 Å². The molecule has 1 aromatic carbocycles. The van der Waals surface area contributed by atoms with E-state index in [1.165, 1.54) is 47.5 Å². The van der Waals surface area contributed by atoms with E-state index in [4.69, 9.17) is 16.3 Å². The number of anilines is 1. The fourth-order valence-corrected chi connectivity index (χ4v) is 3.05. The lowest BCUT2D eigenvalue weighted by Gasteiger charge is -2.23. The van der Waals surface area contributed by atoms with Crippen molar-refractivity contribution in [1.82, 2.24) is 0 Å². The van der Waals surface area contributed by atoms with Crippen LogP contribution in [0.15, 0.2) is 58.8 Å². The van der Waals surface area contributed by atoms with Gasteiger partial charge < -0.3 is 14.4 Å². The molecule has 0 saturated carbocycles. The summed E-state index contributed by atoms with van der Waals surface area (Å²) >= 11 is 5.62. The molecule has 0 aromatic heterocycles. The van der Waals surface area contributed by atoms with Gasteiger partial charge in [-0.3, -0.25) is 0 Å². The highest BCUT2D eigenvalue weighted by atomic mass is 35.5. The molecule has 0 N–H and O–H groups in total. The number of rotatable bonds is 4. The lowest BCUT2D eigenvalue weighted by molar-refractivity contribution is -0.139. The number of hydrogen-bond acceptors (Lipinski definition) is 6. The summed E-state index contributed by atoms with van der Waals surface area (Å²) in [6, 6.07) is 3.77. The van der Waals surface area contributed by atoms with Crippen LogP contribution in [0.3, 0.4) is 0 Å². The van der Waals surface area contributed by atoms with Crippen molar-refractivity contribution in [3.8, 4) is 0 Å². The zero-order chi connectivity index (χ0) is 20.2. The van der Waals surface area contributed by atoms with Crippen LogP contribution in [0.1, 0.15) is 0 Å². The van der Waals surface area contributed by atoms with E-state index in [2.05, 4.69) is 4.74 Å². The van der Waals surface area contributed by atoms with E-state index in [1.54, 1.807) is 0 Å². The summed E-state index contributed by atoms with van der Waals surface area (Å²) in [6.07, 6.45) is 5.85. The standard InChI is InChI=1S/C17H13ClF3NO4S/c1-25-15(23)11-5-3-4-8-22(14(11)16(24)26-2)10-6-7-13(12(18)9-10)27-17(19,20)21/h3-9H,1-2H3. The Morgan fingerprint density at radius 3 is 2.33 bits per heavy atom. The summed E-state index contributed by atoms with van der Waals surface area (Å²) in [5.74, 6) is -1.62. The zero-order valence-corrected chi connectivity index (χ0v) is 15.6. The second-order valence-corrected chi connectivity index (χ2v) is 6.49. The molecule has 0 fully saturated rings. The Bertz CT molecular complexity index is 849. The van der Waals surface area contributed by atoms with Crippen LogP contribution >= 0.6 is 23.4 Å². The quantitative estimate of drug-likeness (QED) is 0.531. The Kier molecular flexibility index (Phi) is 6.61. The highest BCUT2D eigenvalue weighted by molar-refractivity contribution is 8.00. The number of carbonyl (C=O) groups excluding carboxylic acids is 2. The fourth-order valence-electron chi connectivity index (χ4n) is 2.21. The van der Waals surface area contributed by atoms with Gasteiger partial charge in [0.2, 0.25) is 0 Å². The molecule has 1 aliphatic rings. The van der Waals surface area contributed by atoms with E-state index in [1.807, 2.05) is 0 Å². The van der Waals surface area contributed by atoms with Crippen LogP contribution in [-0.2, 0) is 19.1 Å². The third-order valence-electron chi connectivity index (χ3n) is 3.31. The number of alkyl halides is 3. The topological polar surface area (TPSA) is 55.8 Å². The fraction of sp³-hybridized carbons (Fsp3) is 0.176. The Labute approximate surface area is 162 Å². The molecule has 1 heterocycles. The monoisotopic (exact) mass is 419 g/mol. The van der Waals surface area contributed by atoms with E-state index >= 15 is 0 Å². The molecule has 0 unspecified atom stereocenters. The van der Waals surface area contributed by atoms with Crippen molar-refractivity contribution < 1.29 is 32.2 Å². The maximum atomic E-state index is 12.6. The van der Waals surface area contributed by atoms with Gasteiger partial charge in [0.15, 0.2) is 0 Å². The van der Waals surface area contributed by atoms with Gasteiger partial charge in [0, 0.05) is 16.8 Å². The van der Waals surface area contributed by atoms with Crippen LogP contribution in [0.2, 0.25) is 5.02 Å². The van der Waals surface area contributed by atoms with E-state index in [0.717, 1.165) is 14.2 Å². The molecule has 0 saturated heterocycles. The van der Waals surface area contributed by atoms with Gasteiger partial charge in [0.25, 0.3) is 0 Å². The number of benzene rings is 1. The lowest BCUT2D eigenvalue weighted by Crippen LogP contribution is -2.27. The molecule has 5 nitrogen and oxygen atoms in total. The Hall–Kier alpha value is -2.39. The first kappa shape index (κ1) is 20.9. The summed E-state index contributed by atoms with van der Waals surface area (Å²) in [5, 5.41) is -0.163. The first-order valence-corrected chi connectivity index (χ1v) is 8.47. The molecule has 0 amide bonds. The smallest absolute Gasteiger partial charge is 0.446 e. The molecular weight excluding hydrogens is 407 g/mol. The van der Waals surface area contributed by atoms with Gasteiger partial charge in [-0.15, -0.1) is 0 Å². The normalized spacial score (nSPS) is 14.2. The molecule has 0 radical (unpaired) electrons. The first-order valence-electron chi connectivity index (χ1n) is 7.28. The molecule has 0 bridgehead atoms. The third kappa shape index (κ3) is 5.08. The van der Waals surface area contributed by atoms with Crippen LogP contribution in [0.25, 0.3) is 0 Å². The van der Waals surface area contributed by atoms with Gasteiger partial charge in [-0.05, 0) is 42.1 Å². The van der Waals surface area contributed by atoms with Crippen LogP contribution in [0, 0.1) is 0 Å². The van der Waals surface area contributed by atoms with Gasteiger partial charge in [0.05, 0.1) is 24.8 Å². The van der Waals surface area contributed by atoms with Crippen LogP contribution in [0.5, 0.6) is 0 Å². The van der Waals surface area contributed by atoms with E-state index in [9.17, 15) is 22.8 Å². The van der Waals surface area contributed by atoms with Gasteiger partial charge in [-0.25, -0.2) is 9.59 Å². The van der Waals surface area contributed by atoms with E-state index in [0.29, 0.717) is 0 Å². The molecule has 27 heavy (non-hydrogen) atoms. The number of thioether (sulfide) groups is 1. The number of nitrogens with zero attached hydrogens (tertiary/aromatic N) is 1. The summed E-state index contributed by atoms with van der Waals surface area (Å²) in [6.45, 7) is 0. The zero-order valence-electron chi connectivity index (χ0n) is 14.0. The number of hydrogen-bond donors (Lipinski definition) is 0. The highest BCUT2D eigenvalue weighted by Gasteiger charge is 2.31. The highest BCUT2D eigenvalue weighted by Crippen LogP contribution is 2.42. The average Bonchev–Trinajstić information content (AvgIpc) is 2.84. The lowest BCUT2D eigenvalue weighted by atomic mass is 10.1.